The number of amides is 2. The Hall–Kier alpha value is -3.16. The Balaban J connectivity index is 2.52. The standard InChI is InChI=1S/C18H21N3O5/c1-4-26-17(24)19-15(22)14-11-20(12(2)3)18(25)21(16(14)23)10-13-8-6-5-7-9-13/h5-9,11-12H,4,10H2,1-3H3,(H,19,22,24). The van der Waals surface area contributed by atoms with Crippen molar-refractivity contribution in [1.29, 1.82) is 0 Å². The Kier molecular flexibility index (Phi) is 6.11. The predicted octanol–water partition coefficient (Wildman–Crippen LogP) is 1.53. The van der Waals surface area contributed by atoms with E-state index in [2.05, 4.69) is 4.74 Å². The number of carbonyl (C=O) groups excluding carboxylic acids is 2. The summed E-state index contributed by atoms with van der Waals surface area (Å²) in [6, 6.07) is 8.67. The maximum Gasteiger partial charge on any atom is 0.414 e. The van der Waals surface area contributed by atoms with Crippen LogP contribution in [0.15, 0.2) is 46.1 Å². The van der Waals surface area contributed by atoms with E-state index in [0.29, 0.717) is 0 Å². The molecule has 8 heteroatoms. The van der Waals surface area contributed by atoms with Crippen molar-refractivity contribution in [3.63, 3.8) is 0 Å². The molecule has 138 valence electrons. The summed E-state index contributed by atoms with van der Waals surface area (Å²) >= 11 is 0. The predicted molar refractivity (Wildman–Crippen MR) is 95.4 cm³/mol. The third kappa shape index (κ3) is 4.27. The minimum atomic E-state index is -0.950. The smallest absolute Gasteiger partial charge is 0.414 e. The van der Waals surface area contributed by atoms with Crippen molar-refractivity contribution in [1.82, 2.24) is 14.5 Å². The molecule has 0 fully saturated rings. The molecule has 1 aromatic heterocycles. The number of hydrogen-bond acceptors (Lipinski definition) is 5. The normalized spacial score (nSPS) is 10.6. The van der Waals surface area contributed by atoms with Crippen molar-refractivity contribution >= 4 is 12.0 Å². The van der Waals surface area contributed by atoms with Crippen molar-refractivity contribution in [2.45, 2.75) is 33.4 Å². The molecular formula is C18H21N3O5. The van der Waals surface area contributed by atoms with Crippen molar-refractivity contribution in [2.75, 3.05) is 6.61 Å². The third-order valence-electron chi connectivity index (χ3n) is 3.67. The van der Waals surface area contributed by atoms with Crippen LogP contribution in [-0.2, 0) is 11.3 Å². The van der Waals surface area contributed by atoms with Crippen LogP contribution in [0.1, 0.15) is 42.7 Å². The molecule has 26 heavy (non-hydrogen) atoms. The molecule has 0 spiro atoms. The molecule has 0 aliphatic heterocycles. The van der Waals surface area contributed by atoms with Crippen molar-refractivity contribution in [3.8, 4) is 0 Å². The van der Waals surface area contributed by atoms with Gasteiger partial charge in [-0.05, 0) is 26.3 Å². The van der Waals surface area contributed by atoms with Gasteiger partial charge in [-0.15, -0.1) is 0 Å². The van der Waals surface area contributed by atoms with Gasteiger partial charge in [0.25, 0.3) is 11.5 Å². The monoisotopic (exact) mass is 359 g/mol. The summed E-state index contributed by atoms with van der Waals surface area (Å²) in [6.07, 6.45) is 0.222. The van der Waals surface area contributed by atoms with E-state index in [1.807, 2.05) is 11.4 Å². The van der Waals surface area contributed by atoms with E-state index in [-0.39, 0.29) is 24.8 Å². The summed E-state index contributed by atoms with van der Waals surface area (Å²) in [4.78, 5) is 49.1. The minimum Gasteiger partial charge on any atom is -0.450 e. The van der Waals surface area contributed by atoms with Crippen LogP contribution in [-0.4, -0.2) is 27.7 Å². The first kappa shape index (κ1) is 19.2. The third-order valence-corrected chi connectivity index (χ3v) is 3.67. The van der Waals surface area contributed by atoms with Gasteiger partial charge >= 0.3 is 11.8 Å². The molecule has 2 aromatic rings. The number of aromatic nitrogens is 2. The van der Waals surface area contributed by atoms with Gasteiger partial charge in [-0.1, -0.05) is 30.3 Å². The Bertz CT molecular complexity index is 913. The zero-order valence-corrected chi connectivity index (χ0v) is 14.9. The van der Waals surface area contributed by atoms with E-state index in [4.69, 9.17) is 0 Å². The average Bonchev–Trinajstić information content (AvgIpc) is 2.59. The lowest BCUT2D eigenvalue weighted by Crippen LogP contribution is -2.45. The second-order valence-electron chi connectivity index (χ2n) is 5.88. The van der Waals surface area contributed by atoms with Crippen LogP contribution in [0.5, 0.6) is 0 Å². The number of alkyl carbamates (subject to hydrolysis) is 1. The Labute approximate surface area is 150 Å². The van der Waals surface area contributed by atoms with Crippen LogP contribution < -0.4 is 16.6 Å². The number of benzene rings is 1. The van der Waals surface area contributed by atoms with Crippen molar-refractivity contribution in [3.05, 3.63) is 68.5 Å². The maximum atomic E-state index is 12.7. The highest BCUT2D eigenvalue weighted by Crippen LogP contribution is 2.03. The van der Waals surface area contributed by atoms with Crippen molar-refractivity contribution < 1.29 is 14.3 Å². The van der Waals surface area contributed by atoms with Gasteiger partial charge in [0.2, 0.25) is 0 Å². The van der Waals surface area contributed by atoms with Gasteiger partial charge in [0.1, 0.15) is 5.56 Å². The molecule has 0 saturated heterocycles. The van der Waals surface area contributed by atoms with Gasteiger partial charge in [0, 0.05) is 12.2 Å². The van der Waals surface area contributed by atoms with Crippen LogP contribution in [0, 0.1) is 0 Å². The molecule has 1 N–H and O–H groups in total. The van der Waals surface area contributed by atoms with Crippen molar-refractivity contribution in [2.24, 2.45) is 0 Å². The van der Waals surface area contributed by atoms with Crippen LogP contribution in [0.3, 0.4) is 0 Å². The Morgan fingerprint density at radius 1 is 1.15 bits per heavy atom. The summed E-state index contributed by atoms with van der Waals surface area (Å²) in [5.74, 6) is -0.912. The molecule has 0 unspecified atom stereocenters. The molecule has 0 aliphatic carbocycles. The second-order valence-corrected chi connectivity index (χ2v) is 5.88. The fraction of sp³-hybridized carbons (Fsp3) is 0.333. The number of imide groups is 1. The van der Waals surface area contributed by atoms with Gasteiger partial charge in [-0.25, -0.2) is 9.59 Å². The van der Waals surface area contributed by atoms with Crippen LogP contribution in [0.4, 0.5) is 4.79 Å². The highest BCUT2D eigenvalue weighted by molar-refractivity contribution is 6.02. The number of hydrogen-bond donors (Lipinski definition) is 1. The lowest BCUT2D eigenvalue weighted by atomic mass is 10.2. The summed E-state index contributed by atoms with van der Waals surface area (Å²) in [7, 11) is 0. The molecular weight excluding hydrogens is 338 g/mol. The van der Waals surface area contributed by atoms with Gasteiger partial charge in [0.05, 0.1) is 13.2 Å². The molecule has 8 nitrogen and oxygen atoms in total. The van der Waals surface area contributed by atoms with Crippen LogP contribution >= 0.6 is 0 Å². The molecule has 0 radical (unpaired) electrons. The van der Waals surface area contributed by atoms with Gasteiger partial charge in [0.15, 0.2) is 0 Å². The van der Waals surface area contributed by atoms with E-state index < -0.39 is 23.2 Å². The fourth-order valence-electron chi connectivity index (χ4n) is 2.38. The molecule has 0 saturated carbocycles. The molecule has 0 aliphatic rings. The zero-order valence-electron chi connectivity index (χ0n) is 14.9. The quantitative estimate of drug-likeness (QED) is 0.873. The number of nitrogens with zero attached hydrogens (tertiary/aromatic N) is 2. The SMILES string of the molecule is CCOC(=O)NC(=O)c1cn(C(C)C)c(=O)n(Cc2ccccc2)c1=O. The molecule has 2 rings (SSSR count). The summed E-state index contributed by atoms with van der Waals surface area (Å²) in [6.45, 7) is 5.21. The van der Waals surface area contributed by atoms with E-state index in [1.165, 1.54) is 10.8 Å². The number of rotatable bonds is 5. The van der Waals surface area contributed by atoms with Gasteiger partial charge in [-0.2, -0.15) is 0 Å². The number of carbonyl (C=O) groups is 2. The Morgan fingerprint density at radius 2 is 1.81 bits per heavy atom. The van der Waals surface area contributed by atoms with Crippen LogP contribution in [0.2, 0.25) is 0 Å². The molecule has 1 heterocycles. The minimum absolute atomic E-state index is 0.0196. The zero-order chi connectivity index (χ0) is 19.3. The molecule has 1 aromatic carbocycles. The first-order valence-corrected chi connectivity index (χ1v) is 8.23. The van der Waals surface area contributed by atoms with E-state index >= 15 is 0 Å². The Morgan fingerprint density at radius 3 is 2.38 bits per heavy atom. The number of nitrogens with one attached hydrogen (secondary N) is 1. The molecule has 0 bridgehead atoms. The summed E-state index contributed by atoms with van der Waals surface area (Å²) < 4.78 is 6.92. The fourth-order valence-corrected chi connectivity index (χ4v) is 2.38. The maximum absolute atomic E-state index is 12.7. The average molecular weight is 359 g/mol. The summed E-state index contributed by atoms with van der Waals surface area (Å²) in [5.41, 5.74) is -0.855. The molecule has 0 atom stereocenters. The topological polar surface area (TPSA) is 99.4 Å². The first-order valence-electron chi connectivity index (χ1n) is 8.23. The van der Waals surface area contributed by atoms with Crippen LogP contribution in [0.25, 0.3) is 0 Å². The van der Waals surface area contributed by atoms with Gasteiger partial charge in [-0.3, -0.25) is 24.0 Å². The van der Waals surface area contributed by atoms with E-state index in [0.717, 1.165) is 10.1 Å². The summed E-state index contributed by atoms with van der Waals surface area (Å²) in [5, 5.41) is 1.99. The number of ether oxygens (including phenoxy) is 1. The first-order chi connectivity index (χ1) is 12.3. The highest BCUT2D eigenvalue weighted by Gasteiger charge is 2.20. The largest absolute Gasteiger partial charge is 0.450 e. The lowest BCUT2D eigenvalue weighted by Gasteiger charge is -2.15. The second kappa shape index (κ2) is 8.28. The highest BCUT2D eigenvalue weighted by atomic mass is 16.5. The molecule has 2 amide bonds. The van der Waals surface area contributed by atoms with Gasteiger partial charge < -0.3 is 4.74 Å². The lowest BCUT2D eigenvalue weighted by molar-refractivity contribution is 0.0921. The van der Waals surface area contributed by atoms with E-state index in [1.54, 1.807) is 45.0 Å². The van der Waals surface area contributed by atoms with E-state index in [9.17, 15) is 19.2 Å².